The first kappa shape index (κ1) is 13.3. The maximum absolute atomic E-state index is 12.1. The van der Waals surface area contributed by atoms with Crippen molar-refractivity contribution < 1.29 is 14.0 Å². The Kier molecular flexibility index (Phi) is 3.97. The van der Waals surface area contributed by atoms with E-state index in [1.807, 2.05) is 19.1 Å². The highest BCUT2D eigenvalue weighted by Crippen LogP contribution is 2.28. The molecule has 19 heavy (non-hydrogen) atoms. The fourth-order valence-corrected chi connectivity index (χ4v) is 2.70. The standard InChI is InChI=1S/C13H12NO4P/c1-10-4-2-3-5-13(10)19(17)18-12-8-6-11(7-9-12)14(15)16/h2-9,19H,1H3. The topological polar surface area (TPSA) is 69.4 Å². The summed E-state index contributed by atoms with van der Waals surface area (Å²) in [6.45, 7) is 1.86. The zero-order valence-electron chi connectivity index (χ0n) is 10.2. The molecule has 0 amide bonds. The summed E-state index contributed by atoms with van der Waals surface area (Å²) in [6.07, 6.45) is 0. The third-order valence-electron chi connectivity index (χ3n) is 2.62. The largest absolute Gasteiger partial charge is 0.442 e. The number of benzene rings is 2. The first-order valence-corrected chi connectivity index (χ1v) is 6.92. The van der Waals surface area contributed by atoms with Gasteiger partial charge in [0.2, 0.25) is 0 Å². The van der Waals surface area contributed by atoms with Crippen LogP contribution >= 0.6 is 8.03 Å². The molecule has 0 bridgehead atoms. The van der Waals surface area contributed by atoms with Crippen molar-refractivity contribution in [1.82, 2.24) is 0 Å². The van der Waals surface area contributed by atoms with E-state index < -0.39 is 13.0 Å². The molecule has 0 aliphatic rings. The maximum Gasteiger partial charge on any atom is 0.269 e. The summed E-state index contributed by atoms with van der Waals surface area (Å²) in [5.74, 6) is 0.359. The molecule has 1 unspecified atom stereocenters. The molecule has 98 valence electrons. The van der Waals surface area contributed by atoms with E-state index in [1.54, 1.807) is 12.1 Å². The Balaban J connectivity index is 2.15. The molecular weight excluding hydrogens is 265 g/mol. The second-order valence-corrected chi connectivity index (χ2v) is 5.27. The number of aryl methyl sites for hydroxylation is 1. The van der Waals surface area contributed by atoms with Gasteiger partial charge in [0.15, 0.2) is 0 Å². The molecule has 2 aromatic carbocycles. The molecule has 2 rings (SSSR count). The predicted octanol–water partition coefficient (Wildman–Crippen LogP) is 3.08. The van der Waals surface area contributed by atoms with Gasteiger partial charge in [-0.15, -0.1) is 0 Å². The lowest BCUT2D eigenvalue weighted by atomic mass is 10.2. The summed E-state index contributed by atoms with van der Waals surface area (Å²) in [6, 6.07) is 12.8. The van der Waals surface area contributed by atoms with Crippen molar-refractivity contribution in [2.75, 3.05) is 0 Å². The molecule has 0 heterocycles. The van der Waals surface area contributed by atoms with E-state index in [0.717, 1.165) is 5.56 Å². The number of hydrogen-bond donors (Lipinski definition) is 0. The monoisotopic (exact) mass is 277 g/mol. The summed E-state index contributed by atoms with van der Waals surface area (Å²) in [5, 5.41) is 11.2. The zero-order valence-corrected chi connectivity index (χ0v) is 11.2. The highest BCUT2D eigenvalue weighted by molar-refractivity contribution is 7.48. The lowest BCUT2D eigenvalue weighted by Crippen LogP contribution is -2.03. The lowest BCUT2D eigenvalue weighted by molar-refractivity contribution is -0.384. The number of nitrogens with zero attached hydrogens (tertiary/aromatic N) is 1. The molecule has 0 aliphatic carbocycles. The maximum atomic E-state index is 12.1. The van der Waals surface area contributed by atoms with Gasteiger partial charge in [-0.3, -0.25) is 14.7 Å². The van der Waals surface area contributed by atoms with Gasteiger partial charge in [-0.25, -0.2) is 0 Å². The molecule has 6 heteroatoms. The van der Waals surface area contributed by atoms with E-state index in [9.17, 15) is 14.7 Å². The van der Waals surface area contributed by atoms with Crippen LogP contribution in [0.5, 0.6) is 5.75 Å². The summed E-state index contributed by atoms with van der Waals surface area (Å²) < 4.78 is 17.4. The molecule has 0 aromatic heterocycles. The minimum absolute atomic E-state index is 0.0251. The van der Waals surface area contributed by atoms with E-state index in [4.69, 9.17) is 4.52 Å². The molecule has 0 N–H and O–H groups in total. The summed E-state index contributed by atoms with van der Waals surface area (Å²) in [7, 11) is -2.40. The van der Waals surface area contributed by atoms with Crippen molar-refractivity contribution in [2.45, 2.75) is 6.92 Å². The molecule has 0 fully saturated rings. The second kappa shape index (κ2) is 5.67. The van der Waals surface area contributed by atoms with Gasteiger partial charge in [0.25, 0.3) is 13.7 Å². The van der Waals surface area contributed by atoms with Crippen LogP contribution in [0.1, 0.15) is 5.56 Å². The van der Waals surface area contributed by atoms with Crippen LogP contribution in [-0.2, 0) is 4.57 Å². The predicted molar refractivity (Wildman–Crippen MR) is 73.5 cm³/mol. The SMILES string of the molecule is Cc1ccccc1[PH](=O)Oc1ccc([N+](=O)[O-])cc1. The Morgan fingerprint density at radius 2 is 1.74 bits per heavy atom. The molecule has 0 radical (unpaired) electrons. The van der Waals surface area contributed by atoms with E-state index >= 15 is 0 Å². The second-order valence-electron chi connectivity index (χ2n) is 3.96. The van der Waals surface area contributed by atoms with Gasteiger partial charge in [-0.2, -0.15) is 0 Å². The minimum Gasteiger partial charge on any atom is -0.442 e. The van der Waals surface area contributed by atoms with Gasteiger partial charge in [-0.1, -0.05) is 18.2 Å². The third kappa shape index (κ3) is 3.20. The molecular formula is C13H12NO4P. The number of rotatable bonds is 4. The first-order valence-electron chi connectivity index (χ1n) is 5.60. The van der Waals surface area contributed by atoms with Crippen LogP contribution in [0.4, 0.5) is 5.69 Å². The number of nitro groups is 1. The van der Waals surface area contributed by atoms with Crippen LogP contribution in [0.15, 0.2) is 48.5 Å². The Bertz CT molecular complexity index is 625. The summed E-state index contributed by atoms with van der Waals surface area (Å²) in [4.78, 5) is 10.0. The highest BCUT2D eigenvalue weighted by Gasteiger charge is 2.10. The molecule has 1 atom stereocenters. The Morgan fingerprint density at radius 3 is 2.32 bits per heavy atom. The van der Waals surface area contributed by atoms with Crippen LogP contribution in [-0.4, -0.2) is 4.92 Å². The fraction of sp³-hybridized carbons (Fsp3) is 0.0769. The van der Waals surface area contributed by atoms with Gasteiger partial charge >= 0.3 is 0 Å². The average Bonchev–Trinajstić information content (AvgIpc) is 2.39. The van der Waals surface area contributed by atoms with Gasteiger partial charge in [0.05, 0.1) is 4.92 Å². The minimum atomic E-state index is -2.40. The van der Waals surface area contributed by atoms with E-state index in [2.05, 4.69) is 0 Å². The number of non-ortho nitro benzene ring substituents is 1. The fourth-order valence-electron chi connectivity index (χ4n) is 1.60. The summed E-state index contributed by atoms with van der Waals surface area (Å²) >= 11 is 0. The van der Waals surface area contributed by atoms with Crippen LogP contribution in [0.25, 0.3) is 0 Å². The van der Waals surface area contributed by atoms with Crippen molar-refractivity contribution in [2.24, 2.45) is 0 Å². The normalized spacial score (nSPS) is 11.8. The highest BCUT2D eigenvalue weighted by atomic mass is 31.1. The van der Waals surface area contributed by atoms with Crippen molar-refractivity contribution in [1.29, 1.82) is 0 Å². The van der Waals surface area contributed by atoms with Gasteiger partial charge in [0.1, 0.15) is 5.75 Å². The van der Waals surface area contributed by atoms with Crippen LogP contribution in [0, 0.1) is 17.0 Å². The van der Waals surface area contributed by atoms with Gasteiger partial charge < -0.3 is 4.52 Å². The number of hydrogen-bond acceptors (Lipinski definition) is 4. The van der Waals surface area contributed by atoms with Crippen LogP contribution in [0.2, 0.25) is 0 Å². The average molecular weight is 277 g/mol. The molecule has 0 saturated carbocycles. The Hall–Kier alpha value is -2.13. The molecule has 5 nitrogen and oxygen atoms in total. The quantitative estimate of drug-likeness (QED) is 0.489. The van der Waals surface area contributed by atoms with Crippen molar-refractivity contribution in [3.63, 3.8) is 0 Å². The lowest BCUT2D eigenvalue weighted by Gasteiger charge is -2.08. The van der Waals surface area contributed by atoms with Crippen LogP contribution in [0.3, 0.4) is 0 Å². The third-order valence-corrected chi connectivity index (χ3v) is 4.04. The van der Waals surface area contributed by atoms with Gasteiger partial charge in [0, 0.05) is 17.4 Å². The zero-order chi connectivity index (χ0) is 13.8. The Morgan fingerprint density at radius 1 is 1.11 bits per heavy atom. The smallest absolute Gasteiger partial charge is 0.269 e. The van der Waals surface area contributed by atoms with E-state index in [-0.39, 0.29) is 5.69 Å². The molecule has 0 saturated heterocycles. The van der Waals surface area contributed by atoms with E-state index in [0.29, 0.717) is 11.1 Å². The van der Waals surface area contributed by atoms with Crippen LogP contribution < -0.4 is 9.83 Å². The Labute approximate surface area is 110 Å². The number of nitro benzene ring substituents is 1. The van der Waals surface area contributed by atoms with Crippen molar-refractivity contribution >= 4 is 19.0 Å². The molecule has 0 spiro atoms. The van der Waals surface area contributed by atoms with Crippen molar-refractivity contribution in [3.05, 3.63) is 64.2 Å². The first-order chi connectivity index (χ1) is 9.08. The molecule has 0 aliphatic heterocycles. The summed E-state index contributed by atoms with van der Waals surface area (Å²) in [5.41, 5.74) is 0.871. The van der Waals surface area contributed by atoms with Gasteiger partial charge in [-0.05, 0) is 30.7 Å². The molecule has 2 aromatic rings. The van der Waals surface area contributed by atoms with E-state index in [1.165, 1.54) is 24.3 Å². The van der Waals surface area contributed by atoms with Crippen molar-refractivity contribution in [3.8, 4) is 5.75 Å².